The van der Waals surface area contributed by atoms with Gasteiger partial charge in [0, 0.05) is 23.2 Å². The van der Waals surface area contributed by atoms with Crippen LogP contribution in [0.2, 0.25) is 0 Å². The van der Waals surface area contributed by atoms with E-state index in [9.17, 15) is 9.59 Å². The number of imidazole rings is 1. The van der Waals surface area contributed by atoms with E-state index in [0.717, 1.165) is 4.90 Å². The number of aliphatic carboxylic acids is 1. The van der Waals surface area contributed by atoms with Crippen molar-refractivity contribution in [3.8, 4) is 5.75 Å². The molecule has 0 bridgehead atoms. The maximum atomic E-state index is 12.3. The van der Waals surface area contributed by atoms with Crippen LogP contribution in [0.25, 0.3) is 0 Å². The summed E-state index contributed by atoms with van der Waals surface area (Å²) in [6, 6.07) is 5.89. The number of aromatic amines is 1. The first-order valence-corrected chi connectivity index (χ1v) is 7.33. The van der Waals surface area contributed by atoms with Gasteiger partial charge in [-0.15, -0.1) is 12.6 Å². The molecule has 0 aliphatic heterocycles. The standard InChI is InChI=1S/C15H17N3O4S/c1-8(22-10-2-4-11(23)5-3-10)13(19)14-17-7-9(18-14)6-12(16)15(20)21/h2-5,7-8,12,23H,6,16H2,1H3,(H,17,18)(H,20,21). The summed E-state index contributed by atoms with van der Waals surface area (Å²) in [6.45, 7) is 1.61. The predicted octanol–water partition coefficient (Wildman–Crippen LogP) is 1.30. The number of aromatic nitrogens is 2. The number of H-pyrrole nitrogens is 1. The van der Waals surface area contributed by atoms with Crippen molar-refractivity contribution >= 4 is 24.4 Å². The molecule has 0 fully saturated rings. The second kappa shape index (κ2) is 7.30. The number of nitrogens with two attached hydrogens (primary N) is 1. The zero-order valence-corrected chi connectivity index (χ0v) is 13.3. The third-order valence-electron chi connectivity index (χ3n) is 3.14. The Morgan fingerprint density at radius 1 is 1.39 bits per heavy atom. The molecule has 0 aliphatic rings. The number of benzene rings is 1. The summed E-state index contributed by atoms with van der Waals surface area (Å²) in [5, 5.41) is 8.78. The minimum Gasteiger partial charge on any atom is -0.482 e. The summed E-state index contributed by atoms with van der Waals surface area (Å²) in [5.74, 6) is -0.800. The molecule has 0 saturated carbocycles. The summed E-state index contributed by atoms with van der Waals surface area (Å²) in [6.07, 6.45) is 0.722. The zero-order valence-electron chi connectivity index (χ0n) is 12.4. The molecular weight excluding hydrogens is 318 g/mol. The molecule has 7 nitrogen and oxygen atoms in total. The molecule has 1 aromatic carbocycles. The molecule has 2 atom stereocenters. The highest BCUT2D eigenvalue weighted by Crippen LogP contribution is 2.17. The fraction of sp³-hybridized carbons (Fsp3) is 0.267. The number of hydrogen-bond acceptors (Lipinski definition) is 6. The van der Waals surface area contributed by atoms with Crippen molar-refractivity contribution in [2.24, 2.45) is 5.73 Å². The van der Waals surface area contributed by atoms with E-state index in [1.807, 2.05) is 0 Å². The summed E-state index contributed by atoms with van der Waals surface area (Å²) in [5.41, 5.74) is 5.93. The molecule has 0 radical (unpaired) electrons. The van der Waals surface area contributed by atoms with Crippen LogP contribution >= 0.6 is 12.6 Å². The number of ketones is 1. The fourth-order valence-corrected chi connectivity index (χ4v) is 2.04. The monoisotopic (exact) mass is 335 g/mol. The lowest BCUT2D eigenvalue weighted by molar-refractivity contribution is -0.138. The first kappa shape index (κ1) is 17.0. The van der Waals surface area contributed by atoms with Crippen LogP contribution in [0.5, 0.6) is 5.75 Å². The van der Waals surface area contributed by atoms with Crippen LogP contribution < -0.4 is 10.5 Å². The zero-order chi connectivity index (χ0) is 17.0. The van der Waals surface area contributed by atoms with E-state index in [0.29, 0.717) is 11.4 Å². The van der Waals surface area contributed by atoms with Crippen LogP contribution in [0.1, 0.15) is 23.2 Å². The molecule has 2 aromatic rings. The quantitative estimate of drug-likeness (QED) is 0.447. The molecule has 1 heterocycles. The summed E-state index contributed by atoms with van der Waals surface area (Å²) < 4.78 is 5.55. The van der Waals surface area contributed by atoms with Gasteiger partial charge in [-0.3, -0.25) is 9.59 Å². The number of ether oxygens (including phenoxy) is 1. The van der Waals surface area contributed by atoms with Gasteiger partial charge in [-0.1, -0.05) is 0 Å². The van der Waals surface area contributed by atoms with Crippen molar-refractivity contribution in [3.05, 3.63) is 42.0 Å². The molecule has 4 N–H and O–H groups in total. The Bertz CT molecular complexity index is 699. The van der Waals surface area contributed by atoms with Gasteiger partial charge in [0.1, 0.15) is 11.8 Å². The maximum Gasteiger partial charge on any atom is 0.320 e. The van der Waals surface area contributed by atoms with Gasteiger partial charge in [0.05, 0.1) is 0 Å². The first-order valence-electron chi connectivity index (χ1n) is 6.89. The lowest BCUT2D eigenvalue weighted by Gasteiger charge is -2.12. The highest BCUT2D eigenvalue weighted by atomic mass is 32.1. The average Bonchev–Trinajstić information content (AvgIpc) is 2.97. The minimum absolute atomic E-state index is 0.0637. The van der Waals surface area contributed by atoms with Crippen LogP contribution in [0, 0.1) is 0 Å². The number of rotatable bonds is 7. The third kappa shape index (κ3) is 4.57. The van der Waals surface area contributed by atoms with E-state index in [-0.39, 0.29) is 18.0 Å². The first-order chi connectivity index (χ1) is 10.9. The average molecular weight is 335 g/mol. The summed E-state index contributed by atoms with van der Waals surface area (Å²) in [7, 11) is 0. The van der Waals surface area contributed by atoms with E-state index in [1.165, 1.54) is 6.20 Å². The molecule has 0 spiro atoms. The maximum absolute atomic E-state index is 12.3. The molecule has 2 rings (SSSR count). The van der Waals surface area contributed by atoms with Crippen molar-refractivity contribution < 1.29 is 19.4 Å². The van der Waals surface area contributed by atoms with Gasteiger partial charge in [-0.2, -0.15) is 0 Å². The van der Waals surface area contributed by atoms with Crippen LogP contribution in [0.15, 0.2) is 35.4 Å². The predicted molar refractivity (Wildman–Crippen MR) is 86.0 cm³/mol. The van der Waals surface area contributed by atoms with E-state index in [2.05, 4.69) is 22.6 Å². The van der Waals surface area contributed by atoms with Gasteiger partial charge in [-0.05, 0) is 31.2 Å². The van der Waals surface area contributed by atoms with Crippen LogP contribution in [0.4, 0.5) is 0 Å². The van der Waals surface area contributed by atoms with Crippen molar-refractivity contribution in [2.75, 3.05) is 0 Å². The lowest BCUT2D eigenvalue weighted by Crippen LogP contribution is -2.32. The van der Waals surface area contributed by atoms with E-state index < -0.39 is 18.1 Å². The number of Topliss-reactive ketones (excluding diaryl/α,β-unsaturated/α-hetero) is 1. The third-order valence-corrected chi connectivity index (χ3v) is 3.44. The van der Waals surface area contributed by atoms with Gasteiger partial charge in [0.25, 0.3) is 0 Å². The normalized spacial score (nSPS) is 13.3. The molecule has 23 heavy (non-hydrogen) atoms. The largest absolute Gasteiger partial charge is 0.482 e. The van der Waals surface area contributed by atoms with Gasteiger partial charge in [0.15, 0.2) is 11.9 Å². The highest BCUT2D eigenvalue weighted by molar-refractivity contribution is 7.80. The van der Waals surface area contributed by atoms with Gasteiger partial charge in [-0.25, -0.2) is 4.98 Å². The molecular formula is C15H17N3O4S. The molecule has 2 unspecified atom stereocenters. The second-order valence-electron chi connectivity index (χ2n) is 5.02. The number of hydrogen-bond donors (Lipinski definition) is 4. The van der Waals surface area contributed by atoms with E-state index >= 15 is 0 Å². The Kier molecular flexibility index (Phi) is 5.41. The lowest BCUT2D eigenvalue weighted by atomic mass is 10.2. The van der Waals surface area contributed by atoms with Crippen molar-refractivity contribution in [1.82, 2.24) is 9.97 Å². The van der Waals surface area contributed by atoms with Crippen LogP contribution in [-0.2, 0) is 11.2 Å². The van der Waals surface area contributed by atoms with Crippen molar-refractivity contribution in [2.45, 2.75) is 30.4 Å². The Morgan fingerprint density at radius 2 is 2.04 bits per heavy atom. The number of carbonyl (C=O) groups is 2. The minimum atomic E-state index is -1.11. The molecule has 0 aliphatic carbocycles. The van der Waals surface area contributed by atoms with E-state index in [4.69, 9.17) is 15.6 Å². The molecule has 0 amide bonds. The molecule has 1 aromatic heterocycles. The number of nitrogens with one attached hydrogen (secondary N) is 1. The summed E-state index contributed by atoms with van der Waals surface area (Å²) in [4.78, 5) is 30.5. The van der Waals surface area contributed by atoms with Gasteiger partial charge in [0.2, 0.25) is 5.78 Å². The van der Waals surface area contributed by atoms with Crippen LogP contribution in [-0.4, -0.2) is 39.0 Å². The fourth-order valence-electron chi connectivity index (χ4n) is 1.89. The number of thiol groups is 1. The highest BCUT2D eigenvalue weighted by Gasteiger charge is 2.21. The Morgan fingerprint density at radius 3 is 2.65 bits per heavy atom. The number of nitrogens with zero attached hydrogens (tertiary/aromatic N) is 1. The second-order valence-corrected chi connectivity index (χ2v) is 5.54. The molecule has 8 heteroatoms. The number of carboxylic acids is 1. The smallest absolute Gasteiger partial charge is 0.320 e. The van der Waals surface area contributed by atoms with Crippen molar-refractivity contribution in [1.29, 1.82) is 0 Å². The molecule has 0 saturated heterocycles. The Hall–Kier alpha value is -2.32. The van der Waals surface area contributed by atoms with Crippen LogP contribution in [0.3, 0.4) is 0 Å². The number of carboxylic acid groups (broad SMARTS) is 1. The topological polar surface area (TPSA) is 118 Å². The molecule has 122 valence electrons. The van der Waals surface area contributed by atoms with E-state index in [1.54, 1.807) is 31.2 Å². The number of carbonyl (C=O) groups excluding carboxylic acids is 1. The van der Waals surface area contributed by atoms with Crippen molar-refractivity contribution in [3.63, 3.8) is 0 Å². The Labute approximate surface area is 138 Å². The SMILES string of the molecule is CC(Oc1ccc(S)cc1)C(=O)c1ncc(CC(N)C(=O)O)[nH]1. The summed E-state index contributed by atoms with van der Waals surface area (Å²) >= 11 is 4.17. The van der Waals surface area contributed by atoms with Gasteiger partial charge < -0.3 is 20.6 Å². The van der Waals surface area contributed by atoms with Gasteiger partial charge >= 0.3 is 5.97 Å². The Balaban J connectivity index is 2.00.